The summed E-state index contributed by atoms with van der Waals surface area (Å²) in [6.45, 7) is 9.44. The van der Waals surface area contributed by atoms with E-state index in [2.05, 4.69) is 27.7 Å². The molecule has 0 radical (unpaired) electrons. The van der Waals surface area contributed by atoms with Crippen molar-refractivity contribution in [3.63, 3.8) is 0 Å². The first-order valence-corrected chi connectivity index (χ1v) is 18.1. The van der Waals surface area contributed by atoms with Gasteiger partial charge < -0.3 is 0 Å². The van der Waals surface area contributed by atoms with Gasteiger partial charge in [0.1, 0.15) is 0 Å². The van der Waals surface area contributed by atoms with Crippen molar-refractivity contribution in [1.29, 1.82) is 0 Å². The molecule has 0 heterocycles. The van der Waals surface area contributed by atoms with Gasteiger partial charge in [-0.05, 0) is 0 Å². The Bertz CT molecular complexity index is 314. The summed E-state index contributed by atoms with van der Waals surface area (Å²) in [6, 6.07) is 0. The van der Waals surface area contributed by atoms with Gasteiger partial charge in [-0.2, -0.15) is 0 Å². The summed E-state index contributed by atoms with van der Waals surface area (Å²) in [6.07, 6.45) is 39.3. The second-order valence-corrected chi connectivity index (χ2v) is 15.9. The van der Waals surface area contributed by atoms with E-state index in [4.69, 9.17) is 0 Å². The fourth-order valence-corrected chi connectivity index (χ4v) is 11.0. The molecular formula is C30H65P. The molecule has 0 aromatic carbocycles. The quantitative estimate of drug-likeness (QED) is 0.0896. The van der Waals surface area contributed by atoms with Crippen LogP contribution in [0.25, 0.3) is 0 Å². The summed E-state index contributed by atoms with van der Waals surface area (Å²) >= 11 is 0. The molecule has 0 fully saturated rings. The zero-order valence-electron chi connectivity index (χ0n) is 22.9. The maximum atomic E-state index is 2.38. The first-order valence-electron chi connectivity index (χ1n) is 15.2. The van der Waals surface area contributed by atoms with Crippen LogP contribution >= 0.6 is 7.26 Å². The van der Waals surface area contributed by atoms with Crippen molar-refractivity contribution < 1.29 is 0 Å². The standard InChI is InChI=1S/C30H65P/c1-5-9-13-15-16-17-18-19-20-21-22-26-30-31(27-23-11-7-3,28-24-12-8-4)29-25-14-10-6-2/h31H,5-30H2,1-4H3. The Hall–Kier alpha value is 0.430. The monoisotopic (exact) mass is 456 g/mol. The number of hydrogen-bond donors (Lipinski definition) is 0. The number of hydrogen-bond acceptors (Lipinski definition) is 0. The van der Waals surface area contributed by atoms with Crippen molar-refractivity contribution in [1.82, 2.24) is 0 Å². The van der Waals surface area contributed by atoms with Crippen molar-refractivity contribution in [2.75, 3.05) is 24.6 Å². The molecule has 190 valence electrons. The Morgan fingerprint density at radius 2 is 0.452 bits per heavy atom. The molecule has 0 N–H and O–H groups in total. The summed E-state index contributed by atoms with van der Waals surface area (Å²) in [7, 11) is -1.02. The third-order valence-corrected chi connectivity index (χ3v) is 13.4. The van der Waals surface area contributed by atoms with Gasteiger partial charge in [0.15, 0.2) is 0 Å². The van der Waals surface area contributed by atoms with E-state index in [1.165, 1.54) is 116 Å². The predicted octanol–water partition coefficient (Wildman–Crippen LogP) is 11.4. The average Bonchev–Trinajstić information content (AvgIpc) is 2.78. The number of unbranched alkanes of at least 4 members (excludes halogenated alkanes) is 18. The Morgan fingerprint density at radius 1 is 0.258 bits per heavy atom. The summed E-state index contributed by atoms with van der Waals surface area (Å²) in [5.41, 5.74) is 0. The Morgan fingerprint density at radius 3 is 0.774 bits per heavy atom. The molecule has 0 spiro atoms. The van der Waals surface area contributed by atoms with Crippen LogP contribution in [0.4, 0.5) is 0 Å². The SMILES string of the molecule is CCCCCCCCCCCCCC[PH](CCCCC)(CCCCC)CCCCCC. The Kier molecular flexibility index (Phi) is 25.4. The normalized spacial score (nSPS) is 12.5. The minimum absolute atomic E-state index is 1.02. The molecule has 0 aliphatic rings. The molecule has 0 saturated heterocycles. The van der Waals surface area contributed by atoms with Gasteiger partial charge in [-0.15, -0.1) is 0 Å². The van der Waals surface area contributed by atoms with Gasteiger partial charge in [-0.3, -0.25) is 0 Å². The summed E-state index contributed by atoms with van der Waals surface area (Å²) in [5.74, 6) is 0. The van der Waals surface area contributed by atoms with Crippen LogP contribution in [0.2, 0.25) is 0 Å². The van der Waals surface area contributed by atoms with Crippen molar-refractivity contribution >= 4 is 7.26 Å². The average molecular weight is 457 g/mol. The van der Waals surface area contributed by atoms with Crippen LogP contribution < -0.4 is 0 Å². The molecule has 0 rings (SSSR count). The summed E-state index contributed by atoms with van der Waals surface area (Å²) < 4.78 is 0. The Labute approximate surface area is 200 Å². The first kappa shape index (κ1) is 31.4. The summed E-state index contributed by atoms with van der Waals surface area (Å²) in [5, 5.41) is 0. The van der Waals surface area contributed by atoms with Crippen LogP contribution in [0.1, 0.15) is 169 Å². The van der Waals surface area contributed by atoms with Crippen LogP contribution in [0, 0.1) is 0 Å². The van der Waals surface area contributed by atoms with Crippen LogP contribution in [-0.4, -0.2) is 24.6 Å². The molecule has 0 nitrogen and oxygen atoms in total. The van der Waals surface area contributed by atoms with Crippen molar-refractivity contribution in [3.05, 3.63) is 0 Å². The predicted molar refractivity (Wildman–Crippen MR) is 152 cm³/mol. The van der Waals surface area contributed by atoms with Crippen molar-refractivity contribution in [2.24, 2.45) is 0 Å². The number of rotatable bonds is 26. The fourth-order valence-electron chi connectivity index (χ4n) is 5.52. The molecule has 31 heavy (non-hydrogen) atoms. The third-order valence-electron chi connectivity index (χ3n) is 7.74. The summed E-state index contributed by atoms with van der Waals surface area (Å²) in [4.78, 5) is 0. The van der Waals surface area contributed by atoms with Gasteiger partial charge in [0.25, 0.3) is 0 Å². The zero-order valence-corrected chi connectivity index (χ0v) is 23.9. The van der Waals surface area contributed by atoms with E-state index in [1.807, 2.05) is 0 Å². The molecule has 0 aliphatic carbocycles. The maximum absolute atomic E-state index is 2.38. The molecule has 0 unspecified atom stereocenters. The molecule has 0 aromatic rings. The molecule has 0 bridgehead atoms. The fraction of sp³-hybridized carbons (Fsp3) is 1.00. The van der Waals surface area contributed by atoms with Crippen LogP contribution in [0.3, 0.4) is 0 Å². The molecule has 0 aliphatic heterocycles. The van der Waals surface area contributed by atoms with Gasteiger partial charge in [0.2, 0.25) is 0 Å². The van der Waals surface area contributed by atoms with Gasteiger partial charge in [0.05, 0.1) is 0 Å². The van der Waals surface area contributed by atoms with E-state index in [-0.39, 0.29) is 0 Å². The molecule has 0 atom stereocenters. The van der Waals surface area contributed by atoms with Crippen LogP contribution in [0.15, 0.2) is 0 Å². The second-order valence-electron chi connectivity index (χ2n) is 10.9. The first-order chi connectivity index (χ1) is 15.2. The molecule has 1 heteroatoms. The topological polar surface area (TPSA) is 0 Å². The van der Waals surface area contributed by atoms with Gasteiger partial charge >= 0.3 is 188 Å². The Balaban J connectivity index is 4.20. The molecule has 0 aromatic heterocycles. The minimum atomic E-state index is -1.02. The second kappa shape index (κ2) is 25.1. The van der Waals surface area contributed by atoms with E-state index in [1.54, 1.807) is 50.3 Å². The van der Waals surface area contributed by atoms with E-state index < -0.39 is 7.26 Å². The van der Waals surface area contributed by atoms with E-state index in [0.29, 0.717) is 0 Å². The molecular weight excluding hydrogens is 391 g/mol. The van der Waals surface area contributed by atoms with Gasteiger partial charge in [-0.1, -0.05) is 13.3 Å². The van der Waals surface area contributed by atoms with Crippen molar-refractivity contribution in [2.45, 2.75) is 169 Å². The molecule has 0 amide bonds. The zero-order chi connectivity index (χ0) is 22.9. The molecule has 0 saturated carbocycles. The van der Waals surface area contributed by atoms with Gasteiger partial charge in [-0.25, -0.2) is 0 Å². The third kappa shape index (κ3) is 20.7. The van der Waals surface area contributed by atoms with E-state index >= 15 is 0 Å². The van der Waals surface area contributed by atoms with Crippen LogP contribution in [0.5, 0.6) is 0 Å². The van der Waals surface area contributed by atoms with Crippen LogP contribution in [-0.2, 0) is 0 Å². The van der Waals surface area contributed by atoms with E-state index in [0.717, 1.165) is 0 Å². The van der Waals surface area contributed by atoms with Gasteiger partial charge in [0, 0.05) is 0 Å². The van der Waals surface area contributed by atoms with Crippen molar-refractivity contribution in [3.8, 4) is 0 Å². The van der Waals surface area contributed by atoms with E-state index in [9.17, 15) is 0 Å².